The summed E-state index contributed by atoms with van der Waals surface area (Å²) < 4.78 is 0.873. The monoisotopic (exact) mass is 291 g/mol. The van der Waals surface area contributed by atoms with Gasteiger partial charge in [0.25, 0.3) is 0 Å². The number of hydrogen-bond donors (Lipinski definition) is 2. The molecule has 0 radical (unpaired) electrons. The van der Waals surface area contributed by atoms with Gasteiger partial charge in [-0.05, 0) is 54.4 Å². The maximum Gasteiger partial charge on any atom is 0.0608 e. The van der Waals surface area contributed by atoms with Crippen LogP contribution in [0.25, 0.3) is 0 Å². The molecule has 0 aromatic heterocycles. The number of rotatable bonds is 4. The fourth-order valence-electron chi connectivity index (χ4n) is 1.12. The Morgan fingerprint density at radius 1 is 1.47 bits per heavy atom. The highest BCUT2D eigenvalue weighted by Gasteiger charge is 2.11. The largest absolute Gasteiger partial charge is 0.390 e. The van der Waals surface area contributed by atoms with Crippen molar-refractivity contribution in [3.8, 4) is 0 Å². The first-order valence-corrected chi connectivity index (χ1v) is 5.97. The van der Waals surface area contributed by atoms with Crippen LogP contribution in [0.5, 0.6) is 0 Å². The molecule has 2 N–H and O–H groups in total. The fourth-order valence-corrected chi connectivity index (χ4v) is 1.62. The third-order valence-corrected chi connectivity index (χ3v) is 3.20. The lowest BCUT2D eigenvalue weighted by molar-refractivity contribution is 0.0749. The van der Waals surface area contributed by atoms with Crippen LogP contribution in [-0.2, 0) is 0 Å². The van der Waals surface area contributed by atoms with Crippen molar-refractivity contribution >= 4 is 33.2 Å². The second-order valence-electron chi connectivity index (χ2n) is 4.12. The molecule has 0 unspecified atom stereocenters. The van der Waals surface area contributed by atoms with Crippen LogP contribution in [0.4, 0.5) is 5.69 Å². The van der Waals surface area contributed by atoms with Gasteiger partial charge in [0.1, 0.15) is 0 Å². The Balaban J connectivity index is 2.48. The summed E-state index contributed by atoms with van der Waals surface area (Å²) in [4.78, 5) is 0. The number of nitrogens with one attached hydrogen (secondary N) is 1. The van der Waals surface area contributed by atoms with Gasteiger partial charge in [-0.15, -0.1) is 0 Å². The average Bonchev–Trinajstić information content (AvgIpc) is 2.09. The second-order valence-corrected chi connectivity index (χ2v) is 5.38. The Morgan fingerprint density at radius 3 is 2.67 bits per heavy atom. The first-order chi connectivity index (χ1) is 6.88. The quantitative estimate of drug-likeness (QED) is 0.887. The molecule has 0 spiro atoms. The Kier molecular flexibility index (Phi) is 4.44. The van der Waals surface area contributed by atoms with Crippen molar-refractivity contribution in [3.05, 3.63) is 27.7 Å². The van der Waals surface area contributed by atoms with Crippen LogP contribution in [-0.4, -0.2) is 17.3 Å². The zero-order chi connectivity index (χ0) is 11.5. The summed E-state index contributed by atoms with van der Waals surface area (Å²) >= 11 is 9.23. The Labute approximate surface area is 104 Å². The molecule has 0 amide bonds. The van der Waals surface area contributed by atoms with Crippen LogP contribution in [0.1, 0.15) is 20.3 Å². The Morgan fingerprint density at radius 2 is 2.13 bits per heavy atom. The molecule has 0 aliphatic rings. The summed E-state index contributed by atoms with van der Waals surface area (Å²) in [6, 6.07) is 5.67. The predicted molar refractivity (Wildman–Crippen MR) is 68.6 cm³/mol. The zero-order valence-corrected chi connectivity index (χ0v) is 11.2. The first-order valence-electron chi connectivity index (χ1n) is 4.80. The number of benzene rings is 1. The molecular weight excluding hydrogens is 277 g/mol. The van der Waals surface area contributed by atoms with Gasteiger partial charge in [-0.1, -0.05) is 11.6 Å². The Bertz CT molecular complexity index is 336. The first kappa shape index (κ1) is 12.8. The molecule has 4 heteroatoms. The lowest BCUT2D eigenvalue weighted by atomic mass is 10.1. The van der Waals surface area contributed by atoms with E-state index in [0.29, 0.717) is 11.4 Å². The summed E-state index contributed by atoms with van der Waals surface area (Å²) in [5, 5.41) is 13.4. The second kappa shape index (κ2) is 5.19. The minimum Gasteiger partial charge on any atom is -0.390 e. The van der Waals surface area contributed by atoms with E-state index in [-0.39, 0.29) is 0 Å². The summed E-state index contributed by atoms with van der Waals surface area (Å²) in [5.41, 5.74) is 0.368. The van der Waals surface area contributed by atoms with Crippen LogP contribution in [0.15, 0.2) is 22.7 Å². The van der Waals surface area contributed by atoms with Crippen molar-refractivity contribution in [2.24, 2.45) is 0 Å². The van der Waals surface area contributed by atoms with Gasteiger partial charge in [0.05, 0.1) is 10.6 Å². The molecule has 84 valence electrons. The minimum atomic E-state index is -0.628. The zero-order valence-electron chi connectivity index (χ0n) is 8.85. The van der Waals surface area contributed by atoms with Gasteiger partial charge < -0.3 is 10.4 Å². The van der Waals surface area contributed by atoms with E-state index < -0.39 is 5.60 Å². The van der Waals surface area contributed by atoms with E-state index in [9.17, 15) is 5.11 Å². The lowest BCUT2D eigenvalue weighted by Gasteiger charge is -2.17. The van der Waals surface area contributed by atoms with Gasteiger partial charge in [0.2, 0.25) is 0 Å². The Hall–Kier alpha value is -0.250. The molecule has 15 heavy (non-hydrogen) atoms. The molecule has 0 saturated carbocycles. The highest BCUT2D eigenvalue weighted by Crippen LogP contribution is 2.25. The van der Waals surface area contributed by atoms with Gasteiger partial charge in [-0.2, -0.15) is 0 Å². The summed E-state index contributed by atoms with van der Waals surface area (Å²) in [5.74, 6) is 0. The summed E-state index contributed by atoms with van der Waals surface area (Å²) in [6.07, 6.45) is 0.702. The highest BCUT2D eigenvalue weighted by molar-refractivity contribution is 9.10. The molecule has 2 nitrogen and oxygen atoms in total. The van der Waals surface area contributed by atoms with Crippen LogP contribution >= 0.6 is 27.5 Å². The molecule has 1 aromatic rings. The third-order valence-electron chi connectivity index (χ3n) is 1.99. The molecule has 1 rings (SSSR count). The van der Waals surface area contributed by atoms with Crippen LogP contribution in [0.2, 0.25) is 5.02 Å². The number of halogens is 2. The van der Waals surface area contributed by atoms with Crippen LogP contribution < -0.4 is 5.32 Å². The van der Waals surface area contributed by atoms with Gasteiger partial charge in [0, 0.05) is 16.7 Å². The van der Waals surface area contributed by atoms with Gasteiger partial charge >= 0.3 is 0 Å². The number of aliphatic hydroxyl groups is 1. The molecule has 0 aliphatic carbocycles. The smallest absolute Gasteiger partial charge is 0.0608 e. The van der Waals surface area contributed by atoms with Crippen molar-refractivity contribution in [1.82, 2.24) is 0 Å². The van der Waals surface area contributed by atoms with Crippen molar-refractivity contribution in [1.29, 1.82) is 0 Å². The predicted octanol–water partition coefficient (Wildman–Crippen LogP) is 3.68. The van der Waals surface area contributed by atoms with Gasteiger partial charge in [-0.3, -0.25) is 0 Å². The van der Waals surface area contributed by atoms with Crippen molar-refractivity contribution in [2.45, 2.75) is 25.9 Å². The molecule has 0 fully saturated rings. The molecular formula is C11H15BrClNO. The van der Waals surface area contributed by atoms with Crippen molar-refractivity contribution < 1.29 is 5.11 Å². The minimum absolute atomic E-state index is 0.628. The maximum atomic E-state index is 9.52. The average molecular weight is 293 g/mol. The van der Waals surface area contributed by atoms with E-state index in [1.165, 1.54) is 0 Å². The maximum absolute atomic E-state index is 9.52. The van der Waals surface area contributed by atoms with E-state index in [4.69, 9.17) is 11.6 Å². The summed E-state index contributed by atoms with van der Waals surface area (Å²) in [7, 11) is 0. The third kappa shape index (κ3) is 4.87. The molecule has 0 heterocycles. The SMILES string of the molecule is CC(C)(O)CCNc1ccc(Cl)c(Br)c1. The van der Waals surface area contributed by atoms with E-state index in [1.807, 2.05) is 18.2 Å². The van der Waals surface area contributed by atoms with Crippen molar-refractivity contribution in [2.75, 3.05) is 11.9 Å². The highest BCUT2D eigenvalue weighted by atomic mass is 79.9. The molecule has 0 atom stereocenters. The van der Waals surface area contributed by atoms with Gasteiger partial charge in [0.15, 0.2) is 0 Å². The fraction of sp³-hybridized carbons (Fsp3) is 0.455. The van der Waals surface area contributed by atoms with Crippen LogP contribution in [0.3, 0.4) is 0 Å². The van der Waals surface area contributed by atoms with Crippen molar-refractivity contribution in [3.63, 3.8) is 0 Å². The van der Waals surface area contributed by atoms with E-state index in [0.717, 1.165) is 16.7 Å². The van der Waals surface area contributed by atoms with E-state index >= 15 is 0 Å². The molecule has 0 aliphatic heterocycles. The topological polar surface area (TPSA) is 32.3 Å². The number of anilines is 1. The summed E-state index contributed by atoms with van der Waals surface area (Å²) in [6.45, 7) is 4.33. The van der Waals surface area contributed by atoms with E-state index in [1.54, 1.807) is 13.8 Å². The standard InChI is InChI=1S/C11H15BrClNO/c1-11(2,15)5-6-14-8-3-4-10(13)9(12)7-8/h3-4,7,14-15H,5-6H2,1-2H3. The van der Waals surface area contributed by atoms with Gasteiger partial charge in [-0.25, -0.2) is 0 Å². The van der Waals surface area contributed by atoms with E-state index in [2.05, 4.69) is 21.2 Å². The normalized spacial score (nSPS) is 11.5. The number of hydrogen-bond acceptors (Lipinski definition) is 2. The molecule has 0 saturated heterocycles. The molecule has 0 bridgehead atoms. The molecule has 1 aromatic carbocycles. The van der Waals surface area contributed by atoms with Crippen LogP contribution in [0, 0.1) is 0 Å². The lowest BCUT2D eigenvalue weighted by Crippen LogP contribution is -2.22.